The third kappa shape index (κ3) is 3.49. The highest BCUT2D eigenvalue weighted by Gasteiger charge is 2.32. The first-order chi connectivity index (χ1) is 8.99. The molecule has 0 aromatic heterocycles. The number of rotatable bonds is 4. The Kier molecular flexibility index (Phi) is 5.53. The van der Waals surface area contributed by atoms with Crippen LogP contribution < -0.4 is 5.73 Å². The first-order valence-electron chi connectivity index (χ1n) is 6.33. The van der Waals surface area contributed by atoms with Gasteiger partial charge in [0.05, 0.1) is 6.04 Å². The van der Waals surface area contributed by atoms with E-state index in [2.05, 4.69) is 0 Å². The number of carbonyl (C=O) groups is 2. The van der Waals surface area contributed by atoms with Crippen molar-refractivity contribution in [3.63, 3.8) is 0 Å². The fourth-order valence-electron chi connectivity index (χ4n) is 2.55. The predicted octanol–water partition coefficient (Wildman–Crippen LogP) is 0.836. The summed E-state index contributed by atoms with van der Waals surface area (Å²) < 4.78 is 0. The quantitative estimate of drug-likeness (QED) is 0.862. The zero-order chi connectivity index (χ0) is 14.0. The fourth-order valence-corrected chi connectivity index (χ4v) is 2.55. The van der Waals surface area contributed by atoms with Crippen molar-refractivity contribution in [3.05, 3.63) is 35.4 Å². The zero-order valence-electron chi connectivity index (χ0n) is 11.3. The fraction of sp³-hybridized carbons (Fsp3) is 0.429. The standard InChI is InChI=1S/C14H18N2O3.ClH/c1-9(15)14(19)16(8-13(17)18)12-6-10-4-2-3-5-11(10)7-12;/h2-5,9,12H,6-8,15H2,1H3,(H,17,18);1H. The first-order valence-corrected chi connectivity index (χ1v) is 6.33. The molecule has 0 aliphatic heterocycles. The molecule has 1 amide bonds. The molecular weight excluding hydrogens is 280 g/mol. The molecule has 1 aromatic rings. The van der Waals surface area contributed by atoms with Gasteiger partial charge in [-0.05, 0) is 30.9 Å². The molecule has 3 N–H and O–H groups in total. The molecule has 110 valence electrons. The van der Waals surface area contributed by atoms with Crippen LogP contribution in [0.15, 0.2) is 24.3 Å². The molecule has 0 bridgehead atoms. The lowest BCUT2D eigenvalue weighted by Crippen LogP contribution is -2.50. The van der Waals surface area contributed by atoms with Crippen LogP contribution in [0.4, 0.5) is 0 Å². The number of halogens is 1. The van der Waals surface area contributed by atoms with Crippen LogP contribution in [0, 0.1) is 0 Å². The predicted molar refractivity (Wildman–Crippen MR) is 77.9 cm³/mol. The summed E-state index contributed by atoms with van der Waals surface area (Å²) in [6.45, 7) is 1.29. The molecule has 20 heavy (non-hydrogen) atoms. The summed E-state index contributed by atoms with van der Waals surface area (Å²) in [5.74, 6) is -1.31. The van der Waals surface area contributed by atoms with Gasteiger partial charge in [-0.15, -0.1) is 12.4 Å². The number of hydrogen-bond acceptors (Lipinski definition) is 3. The van der Waals surface area contributed by atoms with E-state index in [9.17, 15) is 9.59 Å². The van der Waals surface area contributed by atoms with Gasteiger partial charge in [0, 0.05) is 6.04 Å². The van der Waals surface area contributed by atoms with E-state index in [1.807, 2.05) is 24.3 Å². The van der Waals surface area contributed by atoms with Crippen molar-refractivity contribution >= 4 is 24.3 Å². The van der Waals surface area contributed by atoms with Crippen molar-refractivity contribution in [1.29, 1.82) is 0 Å². The molecule has 5 nitrogen and oxygen atoms in total. The van der Waals surface area contributed by atoms with E-state index in [1.54, 1.807) is 6.92 Å². The van der Waals surface area contributed by atoms with E-state index in [0.29, 0.717) is 12.8 Å². The second kappa shape index (κ2) is 6.72. The first kappa shape index (κ1) is 16.5. The monoisotopic (exact) mass is 298 g/mol. The van der Waals surface area contributed by atoms with Crippen LogP contribution in [-0.4, -0.2) is 40.5 Å². The molecule has 0 saturated carbocycles. The van der Waals surface area contributed by atoms with Gasteiger partial charge in [-0.25, -0.2) is 0 Å². The number of hydrogen-bond donors (Lipinski definition) is 2. The maximum absolute atomic E-state index is 12.1. The van der Waals surface area contributed by atoms with Gasteiger partial charge in [-0.2, -0.15) is 0 Å². The molecule has 0 saturated heterocycles. The van der Waals surface area contributed by atoms with E-state index < -0.39 is 12.0 Å². The van der Waals surface area contributed by atoms with E-state index in [4.69, 9.17) is 10.8 Å². The normalized spacial score (nSPS) is 15.1. The molecule has 0 fully saturated rings. The maximum atomic E-state index is 12.1. The largest absolute Gasteiger partial charge is 0.480 e. The van der Waals surface area contributed by atoms with Crippen LogP contribution in [0.25, 0.3) is 0 Å². The smallest absolute Gasteiger partial charge is 0.323 e. The molecule has 0 spiro atoms. The number of nitrogens with zero attached hydrogens (tertiary/aromatic N) is 1. The van der Waals surface area contributed by atoms with Crippen molar-refractivity contribution in [3.8, 4) is 0 Å². The van der Waals surface area contributed by atoms with Crippen LogP contribution in [0.3, 0.4) is 0 Å². The number of carboxylic acids is 1. The Labute approximate surface area is 124 Å². The van der Waals surface area contributed by atoms with E-state index >= 15 is 0 Å². The third-order valence-electron chi connectivity index (χ3n) is 3.45. The molecule has 6 heteroatoms. The van der Waals surface area contributed by atoms with Crippen molar-refractivity contribution < 1.29 is 14.7 Å². The van der Waals surface area contributed by atoms with Gasteiger partial charge in [0.2, 0.25) is 5.91 Å². The molecule has 1 unspecified atom stereocenters. The summed E-state index contributed by atoms with van der Waals surface area (Å²) >= 11 is 0. The Morgan fingerprint density at radius 1 is 1.35 bits per heavy atom. The minimum absolute atomic E-state index is 0. The Morgan fingerprint density at radius 2 is 1.85 bits per heavy atom. The number of nitrogens with two attached hydrogens (primary N) is 1. The summed E-state index contributed by atoms with van der Waals surface area (Å²) in [5, 5.41) is 8.96. The van der Waals surface area contributed by atoms with Crippen molar-refractivity contribution in [1.82, 2.24) is 4.90 Å². The van der Waals surface area contributed by atoms with E-state index in [-0.39, 0.29) is 30.9 Å². The van der Waals surface area contributed by atoms with Gasteiger partial charge >= 0.3 is 5.97 Å². The Balaban J connectivity index is 0.00000200. The lowest BCUT2D eigenvalue weighted by molar-refractivity contribution is -0.146. The molecule has 1 aliphatic carbocycles. The van der Waals surface area contributed by atoms with E-state index in [0.717, 1.165) is 0 Å². The highest BCUT2D eigenvalue weighted by atomic mass is 35.5. The number of aliphatic carboxylic acids is 1. The summed E-state index contributed by atoms with van der Waals surface area (Å²) in [6, 6.07) is 7.16. The number of benzene rings is 1. The van der Waals surface area contributed by atoms with Gasteiger partial charge in [0.1, 0.15) is 6.54 Å². The van der Waals surface area contributed by atoms with Crippen LogP contribution in [-0.2, 0) is 22.4 Å². The number of carboxylic acid groups (broad SMARTS) is 1. The Hall–Kier alpha value is -1.59. The lowest BCUT2D eigenvalue weighted by atomic mass is 10.1. The van der Waals surface area contributed by atoms with Gasteiger partial charge < -0.3 is 15.7 Å². The molecule has 1 atom stereocenters. The Bertz CT molecular complexity index is 480. The average Bonchev–Trinajstić information content (AvgIpc) is 2.78. The summed E-state index contributed by atoms with van der Waals surface area (Å²) in [7, 11) is 0. The molecular formula is C14H19ClN2O3. The van der Waals surface area contributed by atoms with Gasteiger partial charge in [-0.1, -0.05) is 24.3 Å². The van der Waals surface area contributed by atoms with Crippen LogP contribution in [0.5, 0.6) is 0 Å². The van der Waals surface area contributed by atoms with Crippen molar-refractivity contribution in [2.45, 2.75) is 31.8 Å². The maximum Gasteiger partial charge on any atom is 0.323 e. The highest BCUT2D eigenvalue weighted by Crippen LogP contribution is 2.25. The minimum atomic E-state index is -1.01. The van der Waals surface area contributed by atoms with Crippen molar-refractivity contribution in [2.24, 2.45) is 5.73 Å². The molecule has 1 aromatic carbocycles. The molecule has 1 aliphatic rings. The molecule has 2 rings (SSSR count). The highest BCUT2D eigenvalue weighted by molar-refractivity contribution is 5.85. The summed E-state index contributed by atoms with van der Waals surface area (Å²) in [4.78, 5) is 24.4. The van der Waals surface area contributed by atoms with Crippen LogP contribution in [0.2, 0.25) is 0 Å². The number of amides is 1. The van der Waals surface area contributed by atoms with E-state index in [1.165, 1.54) is 16.0 Å². The van der Waals surface area contributed by atoms with Crippen LogP contribution >= 0.6 is 12.4 Å². The summed E-state index contributed by atoms with van der Waals surface area (Å²) in [6.07, 6.45) is 1.39. The number of fused-ring (bicyclic) bond motifs is 1. The van der Waals surface area contributed by atoms with Crippen molar-refractivity contribution in [2.75, 3.05) is 6.54 Å². The topological polar surface area (TPSA) is 83.6 Å². The van der Waals surface area contributed by atoms with Crippen LogP contribution in [0.1, 0.15) is 18.1 Å². The average molecular weight is 299 g/mol. The SMILES string of the molecule is CC(N)C(=O)N(CC(=O)O)C1Cc2ccccc2C1.Cl. The molecule has 0 heterocycles. The summed E-state index contributed by atoms with van der Waals surface area (Å²) in [5.41, 5.74) is 7.96. The van der Waals surface area contributed by atoms with Gasteiger partial charge in [0.25, 0.3) is 0 Å². The third-order valence-corrected chi connectivity index (χ3v) is 3.45. The zero-order valence-corrected chi connectivity index (χ0v) is 12.1. The second-order valence-corrected chi connectivity index (χ2v) is 4.98. The minimum Gasteiger partial charge on any atom is -0.480 e. The molecule has 0 radical (unpaired) electrons. The second-order valence-electron chi connectivity index (χ2n) is 4.98. The van der Waals surface area contributed by atoms with Gasteiger partial charge in [0.15, 0.2) is 0 Å². The lowest BCUT2D eigenvalue weighted by Gasteiger charge is -2.28. The number of carbonyl (C=O) groups excluding carboxylic acids is 1. The van der Waals surface area contributed by atoms with Gasteiger partial charge in [-0.3, -0.25) is 9.59 Å². The Morgan fingerprint density at radius 3 is 2.25 bits per heavy atom.